The second kappa shape index (κ2) is 7.24. The van der Waals surface area contributed by atoms with Crippen LogP contribution in [0, 0.1) is 13.8 Å². The lowest BCUT2D eigenvalue weighted by molar-refractivity contribution is -0.115. The quantitative estimate of drug-likeness (QED) is 0.439. The number of aryl methyl sites for hydroxylation is 2. The number of thioether (sulfide) groups is 1. The van der Waals surface area contributed by atoms with Crippen LogP contribution in [0.2, 0.25) is 0 Å². The number of aliphatic imine (C=N–C) groups is 1. The third-order valence-electron chi connectivity index (χ3n) is 5.10. The van der Waals surface area contributed by atoms with E-state index in [0.29, 0.717) is 27.7 Å². The monoisotopic (exact) mass is 432 g/mol. The van der Waals surface area contributed by atoms with Crippen LogP contribution in [0.25, 0.3) is 21.9 Å². The summed E-state index contributed by atoms with van der Waals surface area (Å²) >= 11 is 1.36. The van der Waals surface area contributed by atoms with Crippen LogP contribution >= 0.6 is 11.8 Å². The van der Waals surface area contributed by atoms with Crippen LogP contribution in [0.5, 0.6) is 0 Å². The van der Waals surface area contributed by atoms with Crippen LogP contribution in [0.4, 0.5) is 11.4 Å². The number of nitrogens with zero attached hydrogens (tertiary/aromatic N) is 2. The second-order valence-corrected chi connectivity index (χ2v) is 8.22. The molecule has 3 heterocycles. The van der Waals surface area contributed by atoms with E-state index in [1.54, 1.807) is 29.2 Å². The topological polar surface area (TPSA) is 93.1 Å². The molecule has 31 heavy (non-hydrogen) atoms. The van der Waals surface area contributed by atoms with Crippen LogP contribution < -0.4 is 16.2 Å². The Bertz CT molecular complexity index is 1530. The van der Waals surface area contributed by atoms with Crippen molar-refractivity contribution in [2.75, 3.05) is 10.7 Å². The first kappa shape index (κ1) is 19.3. The van der Waals surface area contributed by atoms with Gasteiger partial charge in [-0.15, -0.1) is 0 Å². The predicted octanol–water partition coefficient (Wildman–Crippen LogP) is 4.28. The van der Waals surface area contributed by atoms with Gasteiger partial charge in [-0.3, -0.25) is 9.69 Å². The van der Waals surface area contributed by atoms with Gasteiger partial charge in [0.05, 0.1) is 17.1 Å². The molecular formula is C23H16N2O5S. The summed E-state index contributed by atoms with van der Waals surface area (Å²) < 4.78 is 10.5. The molecule has 0 atom stereocenters. The van der Waals surface area contributed by atoms with Gasteiger partial charge in [0.1, 0.15) is 11.2 Å². The molecule has 154 valence electrons. The zero-order valence-electron chi connectivity index (χ0n) is 16.7. The average molecular weight is 432 g/mol. The fourth-order valence-corrected chi connectivity index (χ4v) is 4.43. The highest BCUT2D eigenvalue weighted by molar-refractivity contribution is 8.15. The molecule has 1 fully saturated rings. The summed E-state index contributed by atoms with van der Waals surface area (Å²) in [5.41, 5.74) is 3.14. The van der Waals surface area contributed by atoms with E-state index < -0.39 is 11.3 Å². The molecular weight excluding hydrogens is 416 g/mol. The van der Waals surface area contributed by atoms with E-state index in [9.17, 15) is 14.4 Å². The van der Waals surface area contributed by atoms with Gasteiger partial charge >= 0.3 is 11.3 Å². The number of rotatable bonds is 2. The summed E-state index contributed by atoms with van der Waals surface area (Å²) in [6.07, 6.45) is 0. The van der Waals surface area contributed by atoms with E-state index in [-0.39, 0.29) is 11.7 Å². The van der Waals surface area contributed by atoms with Crippen molar-refractivity contribution >= 4 is 56.1 Å². The van der Waals surface area contributed by atoms with E-state index in [2.05, 4.69) is 0 Å². The number of amidine groups is 1. The lowest BCUT2D eigenvalue weighted by Crippen LogP contribution is -2.29. The Morgan fingerprint density at radius 2 is 1.45 bits per heavy atom. The molecule has 5 rings (SSSR count). The first-order valence-corrected chi connectivity index (χ1v) is 10.5. The molecule has 0 saturated carbocycles. The number of hydrogen-bond acceptors (Lipinski definition) is 7. The Hall–Kier alpha value is -3.65. The lowest BCUT2D eigenvalue weighted by Gasteiger charge is -2.19. The van der Waals surface area contributed by atoms with E-state index in [1.807, 2.05) is 26.0 Å². The molecule has 2 aromatic carbocycles. The highest BCUT2D eigenvalue weighted by atomic mass is 32.2. The summed E-state index contributed by atoms with van der Waals surface area (Å²) in [5, 5.41) is 2.04. The molecule has 0 N–H and O–H groups in total. The zero-order chi connectivity index (χ0) is 21.7. The second-order valence-electron chi connectivity index (χ2n) is 7.27. The van der Waals surface area contributed by atoms with Gasteiger partial charge in [0.15, 0.2) is 5.17 Å². The van der Waals surface area contributed by atoms with Crippen LogP contribution in [0.1, 0.15) is 11.1 Å². The van der Waals surface area contributed by atoms with E-state index >= 15 is 0 Å². The minimum absolute atomic E-state index is 0.0759. The maximum Gasteiger partial charge on any atom is 0.336 e. The van der Waals surface area contributed by atoms with Gasteiger partial charge in [0.25, 0.3) is 0 Å². The lowest BCUT2D eigenvalue weighted by atomic mass is 10.1. The molecule has 1 aliphatic rings. The van der Waals surface area contributed by atoms with Gasteiger partial charge in [-0.1, -0.05) is 11.8 Å². The Kier molecular flexibility index (Phi) is 4.51. The van der Waals surface area contributed by atoms with Crippen molar-refractivity contribution in [2.24, 2.45) is 4.99 Å². The number of hydrogen-bond donors (Lipinski definition) is 0. The van der Waals surface area contributed by atoms with Crippen LogP contribution in [0.3, 0.4) is 0 Å². The van der Waals surface area contributed by atoms with Crippen molar-refractivity contribution in [1.29, 1.82) is 0 Å². The standard InChI is InChI=1S/C23H16N2O5S/c1-12-7-18-14(3-5-21(27)29-18)9-16(12)24-23-25(20(26)11-31-23)17-10-15-4-6-22(28)30-19(15)8-13(17)2/h3-10H,11H2,1-2H3. The Morgan fingerprint density at radius 1 is 0.839 bits per heavy atom. The highest BCUT2D eigenvalue weighted by Gasteiger charge is 2.31. The average Bonchev–Trinajstić information content (AvgIpc) is 3.08. The minimum atomic E-state index is -0.419. The summed E-state index contributed by atoms with van der Waals surface area (Å²) in [4.78, 5) is 42.1. The Balaban J connectivity index is 1.63. The van der Waals surface area contributed by atoms with Gasteiger partial charge < -0.3 is 8.83 Å². The molecule has 0 bridgehead atoms. The predicted molar refractivity (Wildman–Crippen MR) is 121 cm³/mol. The van der Waals surface area contributed by atoms with Gasteiger partial charge in [0.2, 0.25) is 5.91 Å². The highest BCUT2D eigenvalue weighted by Crippen LogP contribution is 2.34. The number of amides is 1. The fraction of sp³-hybridized carbons (Fsp3) is 0.130. The smallest absolute Gasteiger partial charge is 0.336 e. The molecule has 1 amide bonds. The minimum Gasteiger partial charge on any atom is -0.423 e. The van der Waals surface area contributed by atoms with E-state index in [0.717, 1.165) is 21.9 Å². The Labute approximate surface area is 180 Å². The van der Waals surface area contributed by atoms with E-state index in [1.165, 1.54) is 23.9 Å². The molecule has 4 aromatic rings. The van der Waals surface area contributed by atoms with E-state index in [4.69, 9.17) is 13.8 Å². The van der Waals surface area contributed by atoms with Crippen molar-refractivity contribution in [3.63, 3.8) is 0 Å². The number of fused-ring (bicyclic) bond motifs is 2. The molecule has 8 heteroatoms. The number of anilines is 1. The summed E-state index contributed by atoms with van der Waals surface area (Å²) in [7, 11) is 0. The first-order chi connectivity index (χ1) is 14.9. The first-order valence-electron chi connectivity index (χ1n) is 9.52. The third kappa shape index (κ3) is 3.44. The fourth-order valence-electron chi connectivity index (χ4n) is 3.56. The molecule has 1 aliphatic heterocycles. The molecule has 0 unspecified atom stereocenters. The SMILES string of the molecule is Cc1cc2oc(=O)ccc2cc1N=C1SCC(=O)N1c1cc2ccc(=O)oc2cc1C. The van der Waals surface area contributed by atoms with Gasteiger partial charge in [-0.25, -0.2) is 14.6 Å². The number of benzene rings is 2. The normalized spacial score (nSPS) is 15.5. The molecule has 2 aromatic heterocycles. The van der Waals surface area contributed by atoms with Crippen molar-refractivity contribution in [2.45, 2.75) is 13.8 Å². The van der Waals surface area contributed by atoms with Crippen molar-refractivity contribution in [3.8, 4) is 0 Å². The molecule has 0 spiro atoms. The maximum absolute atomic E-state index is 12.8. The van der Waals surface area contributed by atoms with Crippen molar-refractivity contribution in [3.05, 3.63) is 80.5 Å². The molecule has 0 radical (unpaired) electrons. The zero-order valence-corrected chi connectivity index (χ0v) is 17.5. The number of carbonyl (C=O) groups is 1. The molecule has 0 aliphatic carbocycles. The maximum atomic E-state index is 12.8. The summed E-state index contributed by atoms with van der Waals surface area (Å²) in [6.45, 7) is 3.74. The van der Waals surface area contributed by atoms with Crippen molar-refractivity contribution in [1.82, 2.24) is 0 Å². The van der Waals surface area contributed by atoms with Gasteiger partial charge in [-0.05, 0) is 61.4 Å². The van der Waals surface area contributed by atoms with Crippen LogP contribution in [-0.2, 0) is 4.79 Å². The largest absolute Gasteiger partial charge is 0.423 e. The van der Waals surface area contributed by atoms with Crippen LogP contribution in [0.15, 0.2) is 71.9 Å². The van der Waals surface area contributed by atoms with Gasteiger partial charge in [0, 0.05) is 22.9 Å². The van der Waals surface area contributed by atoms with Crippen LogP contribution in [-0.4, -0.2) is 16.8 Å². The molecule has 1 saturated heterocycles. The number of carbonyl (C=O) groups excluding carboxylic acids is 1. The summed E-state index contributed by atoms with van der Waals surface area (Å²) in [6, 6.07) is 13.3. The van der Waals surface area contributed by atoms with Gasteiger partial charge in [-0.2, -0.15) is 0 Å². The van der Waals surface area contributed by atoms with Crippen molar-refractivity contribution < 1.29 is 13.6 Å². The third-order valence-corrected chi connectivity index (χ3v) is 6.02. The Morgan fingerprint density at radius 3 is 2.13 bits per heavy atom. The molecule has 7 nitrogen and oxygen atoms in total. The summed E-state index contributed by atoms with van der Waals surface area (Å²) in [5.74, 6) is 0.204.